The van der Waals surface area contributed by atoms with Gasteiger partial charge in [0.1, 0.15) is 0 Å². The number of hydrogen-bond acceptors (Lipinski definition) is 3. The summed E-state index contributed by atoms with van der Waals surface area (Å²) >= 11 is 0. The second-order valence-electron chi connectivity index (χ2n) is 6.16. The van der Waals surface area contributed by atoms with E-state index in [4.69, 9.17) is 4.74 Å². The van der Waals surface area contributed by atoms with E-state index in [0.717, 1.165) is 36.0 Å². The number of aliphatic hydroxyl groups is 1. The van der Waals surface area contributed by atoms with E-state index in [9.17, 15) is 9.90 Å². The predicted molar refractivity (Wildman–Crippen MR) is 85.8 cm³/mol. The van der Waals surface area contributed by atoms with E-state index >= 15 is 0 Å². The van der Waals surface area contributed by atoms with Crippen LogP contribution in [0.25, 0.3) is 0 Å². The summed E-state index contributed by atoms with van der Waals surface area (Å²) in [5.41, 5.74) is 3.04. The Bertz CT molecular complexity index is 498. The lowest BCUT2D eigenvalue weighted by atomic mass is 10.0. The molecule has 0 heterocycles. The molecule has 0 aromatic heterocycles. The molecule has 0 unspecified atom stereocenters. The number of carbonyl (C=O) groups is 1. The maximum Gasteiger partial charge on any atom is 0.315 e. The Hall–Kier alpha value is -1.59. The van der Waals surface area contributed by atoms with Crippen LogP contribution in [0.2, 0.25) is 0 Å². The van der Waals surface area contributed by atoms with Gasteiger partial charge in [-0.25, -0.2) is 4.79 Å². The molecule has 1 aromatic rings. The van der Waals surface area contributed by atoms with Crippen molar-refractivity contribution >= 4 is 6.03 Å². The van der Waals surface area contributed by atoms with Crippen molar-refractivity contribution in [2.75, 3.05) is 13.7 Å². The third-order valence-electron chi connectivity index (χ3n) is 4.14. The van der Waals surface area contributed by atoms with Gasteiger partial charge in [0.15, 0.2) is 0 Å². The number of aryl methyl sites for hydroxylation is 2. The van der Waals surface area contributed by atoms with Gasteiger partial charge < -0.3 is 20.5 Å². The number of urea groups is 1. The highest BCUT2D eigenvalue weighted by atomic mass is 16.5. The summed E-state index contributed by atoms with van der Waals surface area (Å²) in [6, 6.07) is 5.87. The minimum atomic E-state index is -0.695. The molecule has 0 spiro atoms. The highest BCUT2D eigenvalue weighted by Gasteiger charge is 2.25. The lowest BCUT2D eigenvalue weighted by Crippen LogP contribution is -2.42. The van der Waals surface area contributed by atoms with E-state index < -0.39 is 6.10 Å². The van der Waals surface area contributed by atoms with Crippen LogP contribution in [0.3, 0.4) is 0 Å². The number of benzene rings is 1. The van der Waals surface area contributed by atoms with E-state index in [2.05, 4.69) is 16.7 Å². The van der Waals surface area contributed by atoms with Crippen LogP contribution in [0.1, 0.15) is 42.1 Å². The molecular formula is C17H26N2O3. The van der Waals surface area contributed by atoms with E-state index in [1.165, 1.54) is 0 Å². The molecule has 2 amide bonds. The van der Waals surface area contributed by atoms with Gasteiger partial charge in [-0.15, -0.1) is 0 Å². The molecule has 0 radical (unpaired) electrons. The minimum absolute atomic E-state index is 0.156. The highest BCUT2D eigenvalue weighted by molar-refractivity contribution is 5.74. The molecule has 5 heteroatoms. The molecule has 1 fully saturated rings. The summed E-state index contributed by atoms with van der Waals surface area (Å²) in [5, 5.41) is 15.9. The van der Waals surface area contributed by atoms with Crippen LogP contribution >= 0.6 is 0 Å². The fraction of sp³-hybridized carbons (Fsp3) is 0.588. The topological polar surface area (TPSA) is 70.6 Å². The Kier molecular flexibility index (Phi) is 5.80. The van der Waals surface area contributed by atoms with Crippen molar-refractivity contribution in [1.82, 2.24) is 10.6 Å². The Morgan fingerprint density at radius 3 is 2.59 bits per heavy atom. The molecule has 0 aliphatic heterocycles. The number of ether oxygens (including phenoxy) is 1. The number of rotatable bonds is 5. The third-order valence-corrected chi connectivity index (χ3v) is 4.14. The molecule has 3 N–H and O–H groups in total. The molecule has 1 aliphatic carbocycles. The SMILES string of the molecule is CO[C@@H]1CC[C@@H](NC(=O)NC[C@H](O)c2cc(C)cc(C)c2)C1. The molecule has 5 nitrogen and oxygen atoms in total. The van der Waals surface area contributed by atoms with Gasteiger partial charge in [0.05, 0.1) is 12.2 Å². The fourth-order valence-electron chi connectivity index (χ4n) is 3.03. The summed E-state index contributed by atoms with van der Waals surface area (Å²) in [6.07, 6.45) is 2.31. The van der Waals surface area contributed by atoms with Gasteiger partial charge >= 0.3 is 6.03 Å². The monoisotopic (exact) mass is 306 g/mol. The number of carbonyl (C=O) groups excluding carboxylic acids is 1. The van der Waals surface area contributed by atoms with Crippen molar-refractivity contribution in [2.24, 2.45) is 0 Å². The summed E-state index contributed by atoms with van der Waals surface area (Å²) < 4.78 is 5.29. The maximum absolute atomic E-state index is 11.9. The molecule has 2 rings (SSSR count). The molecule has 1 aromatic carbocycles. The smallest absolute Gasteiger partial charge is 0.315 e. The fourth-order valence-corrected chi connectivity index (χ4v) is 3.03. The molecule has 0 bridgehead atoms. The zero-order chi connectivity index (χ0) is 16.1. The van der Waals surface area contributed by atoms with Crippen molar-refractivity contribution < 1.29 is 14.6 Å². The largest absolute Gasteiger partial charge is 0.387 e. The zero-order valence-corrected chi connectivity index (χ0v) is 13.6. The van der Waals surface area contributed by atoms with Crippen molar-refractivity contribution in [1.29, 1.82) is 0 Å². The van der Waals surface area contributed by atoms with Crippen molar-refractivity contribution in [3.63, 3.8) is 0 Å². The summed E-state index contributed by atoms with van der Waals surface area (Å²) in [4.78, 5) is 11.9. The molecule has 0 saturated heterocycles. The average molecular weight is 306 g/mol. The Balaban J connectivity index is 1.78. The van der Waals surface area contributed by atoms with Gasteiger partial charge in [0.25, 0.3) is 0 Å². The number of amides is 2. The first-order valence-corrected chi connectivity index (χ1v) is 7.81. The second-order valence-corrected chi connectivity index (χ2v) is 6.16. The van der Waals surface area contributed by atoms with Crippen LogP contribution < -0.4 is 10.6 Å². The van der Waals surface area contributed by atoms with E-state index in [-0.39, 0.29) is 24.7 Å². The van der Waals surface area contributed by atoms with E-state index in [0.29, 0.717) is 0 Å². The Morgan fingerprint density at radius 1 is 1.32 bits per heavy atom. The number of aliphatic hydroxyl groups excluding tert-OH is 1. The van der Waals surface area contributed by atoms with Gasteiger partial charge in [0.2, 0.25) is 0 Å². The third kappa shape index (κ3) is 4.71. The average Bonchev–Trinajstić information content (AvgIpc) is 2.91. The Morgan fingerprint density at radius 2 is 2.00 bits per heavy atom. The molecule has 22 heavy (non-hydrogen) atoms. The maximum atomic E-state index is 11.9. The van der Waals surface area contributed by atoms with Crippen LogP contribution in [-0.4, -0.2) is 36.9 Å². The van der Waals surface area contributed by atoms with Crippen molar-refractivity contribution in [3.8, 4) is 0 Å². The lowest BCUT2D eigenvalue weighted by Gasteiger charge is -2.17. The Labute approximate surface area is 132 Å². The quantitative estimate of drug-likeness (QED) is 0.781. The molecule has 122 valence electrons. The van der Waals surface area contributed by atoms with Crippen LogP contribution in [0.4, 0.5) is 4.79 Å². The molecular weight excluding hydrogens is 280 g/mol. The van der Waals surface area contributed by atoms with Gasteiger partial charge in [-0.2, -0.15) is 0 Å². The number of nitrogens with one attached hydrogen (secondary N) is 2. The van der Waals surface area contributed by atoms with Crippen molar-refractivity contribution in [2.45, 2.75) is 51.4 Å². The first-order valence-electron chi connectivity index (χ1n) is 7.81. The summed E-state index contributed by atoms with van der Waals surface area (Å²) in [5.74, 6) is 0. The molecule has 1 saturated carbocycles. The summed E-state index contributed by atoms with van der Waals surface area (Å²) in [7, 11) is 1.70. The van der Waals surface area contributed by atoms with Gasteiger partial charge in [-0.1, -0.05) is 29.3 Å². The first kappa shape index (κ1) is 16.8. The lowest BCUT2D eigenvalue weighted by molar-refractivity contribution is 0.107. The van der Waals surface area contributed by atoms with Gasteiger partial charge in [-0.3, -0.25) is 0 Å². The van der Waals surface area contributed by atoms with E-state index in [1.54, 1.807) is 7.11 Å². The van der Waals surface area contributed by atoms with Crippen LogP contribution in [-0.2, 0) is 4.74 Å². The zero-order valence-electron chi connectivity index (χ0n) is 13.6. The van der Waals surface area contributed by atoms with Gasteiger partial charge in [-0.05, 0) is 38.7 Å². The van der Waals surface area contributed by atoms with Crippen LogP contribution in [0.15, 0.2) is 18.2 Å². The van der Waals surface area contributed by atoms with E-state index in [1.807, 2.05) is 26.0 Å². The standard InChI is InChI=1S/C17H26N2O3/c1-11-6-12(2)8-13(7-11)16(20)10-18-17(21)19-14-4-5-15(9-14)22-3/h6-8,14-16,20H,4-5,9-10H2,1-3H3,(H2,18,19,21)/t14-,15-,16+/m1/s1. The van der Waals surface area contributed by atoms with Crippen molar-refractivity contribution in [3.05, 3.63) is 34.9 Å². The van der Waals surface area contributed by atoms with Crippen LogP contribution in [0, 0.1) is 13.8 Å². The number of hydrogen-bond donors (Lipinski definition) is 3. The summed E-state index contributed by atoms with van der Waals surface area (Å²) in [6.45, 7) is 4.19. The number of methoxy groups -OCH3 is 1. The molecule has 3 atom stereocenters. The van der Waals surface area contributed by atoms with Crippen LogP contribution in [0.5, 0.6) is 0 Å². The second kappa shape index (κ2) is 7.61. The minimum Gasteiger partial charge on any atom is -0.387 e. The normalized spacial score (nSPS) is 22.4. The van der Waals surface area contributed by atoms with Gasteiger partial charge in [0, 0.05) is 19.7 Å². The molecule has 1 aliphatic rings. The first-order chi connectivity index (χ1) is 10.5. The highest BCUT2D eigenvalue weighted by Crippen LogP contribution is 2.21. The predicted octanol–water partition coefficient (Wildman–Crippen LogP) is 2.20.